The third kappa shape index (κ3) is 2.97. The highest BCUT2D eigenvalue weighted by Gasteiger charge is 2.16. The summed E-state index contributed by atoms with van der Waals surface area (Å²) in [5.74, 6) is -0.175. The van der Waals surface area contributed by atoms with Gasteiger partial charge in [-0.15, -0.1) is 0 Å². The third-order valence-electron chi connectivity index (χ3n) is 3.96. The number of aromatic hydroxyl groups is 2. The molecule has 0 aliphatic heterocycles. The zero-order valence-electron chi connectivity index (χ0n) is 13.1. The van der Waals surface area contributed by atoms with Crippen LogP contribution < -0.4 is 0 Å². The fraction of sp³-hybridized carbons (Fsp3) is 0.0476. The Morgan fingerprint density at radius 1 is 1.17 bits per heavy atom. The van der Waals surface area contributed by atoms with E-state index in [0.29, 0.717) is 5.56 Å². The lowest BCUT2D eigenvalue weighted by molar-refractivity contribution is 0.404. The zero-order valence-corrected chi connectivity index (χ0v) is 13.1. The smallest absolute Gasteiger partial charge is 0.166 e. The Hall–Kier alpha value is -3.20. The summed E-state index contributed by atoms with van der Waals surface area (Å²) in [6.45, 7) is 3.50. The van der Waals surface area contributed by atoms with Crippen molar-refractivity contribution in [2.75, 3.05) is 0 Å². The molecule has 24 heavy (non-hydrogen) atoms. The van der Waals surface area contributed by atoms with Gasteiger partial charge in [-0.25, -0.2) is 0 Å². The molecule has 1 aliphatic carbocycles. The molecule has 1 aliphatic rings. The first-order valence-corrected chi connectivity index (χ1v) is 7.64. The summed E-state index contributed by atoms with van der Waals surface area (Å²) in [4.78, 5) is 0. The maximum atomic E-state index is 10.4. The molecule has 3 rings (SSSR count). The van der Waals surface area contributed by atoms with Gasteiger partial charge >= 0.3 is 0 Å². The van der Waals surface area contributed by atoms with Crippen LogP contribution in [0.2, 0.25) is 0 Å². The van der Waals surface area contributed by atoms with Crippen LogP contribution in [0.5, 0.6) is 11.5 Å². The van der Waals surface area contributed by atoms with Gasteiger partial charge in [0.15, 0.2) is 11.5 Å². The molecule has 3 nitrogen and oxygen atoms in total. The number of hydrogen-bond donors (Lipinski definition) is 3. The normalized spacial score (nSPS) is 16.4. The molecule has 3 N–H and O–H groups in total. The van der Waals surface area contributed by atoms with Crippen LogP contribution in [0.3, 0.4) is 0 Å². The Balaban J connectivity index is 2.16. The highest BCUT2D eigenvalue weighted by molar-refractivity contribution is 6.00. The Morgan fingerprint density at radius 2 is 1.96 bits per heavy atom. The summed E-state index contributed by atoms with van der Waals surface area (Å²) in [5.41, 5.74) is 2.39. The Bertz CT molecular complexity index is 927. The summed E-state index contributed by atoms with van der Waals surface area (Å²) < 4.78 is 0. The summed E-state index contributed by atoms with van der Waals surface area (Å²) in [6, 6.07) is 9.16. The van der Waals surface area contributed by atoms with Crippen molar-refractivity contribution in [3.8, 4) is 11.5 Å². The minimum absolute atomic E-state index is 0.0951. The fourth-order valence-corrected chi connectivity index (χ4v) is 2.77. The quantitative estimate of drug-likeness (QED) is 0.417. The number of rotatable bonds is 3. The molecule has 0 atom stereocenters. The lowest BCUT2D eigenvalue weighted by Crippen LogP contribution is -1.92. The van der Waals surface area contributed by atoms with Crippen LogP contribution >= 0.6 is 0 Å². The Labute approximate surface area is 140 Å². The number of benzene rings is 2. The lowest BCUT2D eigenvalue weighted by atomic mass is 9.91. The van der Waals surface area contributed by atoms with Crippen molar-refractivity contribution in [3.63, 3.8) is 0 Å². The molecule has 2 aromatic rings. The molecule has 3 heteroatoms. The maximum absolute atomic E-state index is 10.4. The van der Waals surface area contributed by atoms with Gasteiger partial charge in [0, 0.05) is 5.56 Å². The Kier molecular flexibility index (Phi) is 4.25. The van der Waals surface area contributed by atoms with Crippen LogP contribution in [0.25, 0.3) is 16.3 Å². The molecule has 0 heterocycles. The first-order valence-electron chi connectivity index (χ1n) is 7.64. The monoisotopic (exact) mass is 318 g/mol. The van der Waals surface area contributed by atoms with Crippen molar-refractivity contribution in [1.82, 2.24) is 0 Å². The second-order valence-electron chi connectivity index (χ2n) is 5.58. The molecular weight excluding hydrogens is 300 g/mol. The van der Waals surface area contributed by atoms with Crippen molar-refractivity contribution in [3.05, 3.63) is 90.3 Å². The molecule has 0 amide bonds. The summed E-state index contributed by atoms with van der Waals surface area (Å²) >= 11 is 0. The van der Waals surface area contributed by atoms with Crippen molar-refractivity contribution in [2.24, 2.45) is 0 Å². The van der Waals surface area contributed by atoms with Crippen molar-refractivity contribution in [2.45, 2.75) is 6.42 Å². The molecule has 2 aromatic carbocycles. The molecule has 0 saturated heterocycles. The molecule has 0 bridgehead atoms. The molecule has 120 valence electrons. The fourth-order valence-electron chi connectivity index (χ4n) is 2.77. The van der Waals surface area contributed by atoms with Crippen LogP contribution in [-0.4, -0.2) is 15.3 Å². The van der Waals surface area contributed by atoms with Gasteiger partial charge in [0.1, 0.15) is 5.76 Å². The number of phenols is 2. The SMILES string of the molecule is C=C/C(O)=C\C=C1\C=C(c2c(O)c(O)cc3ccccc23)C=CC1. The van der Waals surface area contributed by atoms with Gasteiger partial charge < -0.3 is 15.3 Å². The van der Waals surface area contributed by atoms with E-state index < -0.39 is 0 Å². The number of aliphatic hydroxyl groups is 1. The number of allylic oxidation sites excluding steroid dienone is 8. The van der Waals surface area contributed by atoms with Crippen molar-refractivity contribution in [1.29, 1.82) is 0 Å². The molecule has 0 unspecified atom stereocenters. The molecule has 0 radical (unpaired) electrons. The summed E-state index contributed by atoms with van der Waals surface area (Å²) in [7, 11) is 0. The van der Waals surface area contributed by atoms with Crippen molar-refractivity contribution < 1.29 is 15.3 Å². The number of hydrogen-bond acceptors (Lipinski definition) is 3. The average Bonchev–Trinajstić information content (AvgIpc) is 2.61. The van der Waals surface area contributed by atoms with E-state index in [4.69, 9.17) is 0 Å². The average molecular weight is 318 g/mol. The van der Waals surface area contributed by atoms with E-state index in [2.05, 4.69) is 6.58 Å². The number of aliphatic hydroxyl groups excluding tert-OH is 1. The highest BCUT2D eigenvalue weighted by atomic mass is 16.3. The van der Waals surface area contributed by atoms with Gasteiger partial charge in [0.05, 0.1) is 0 Å². The molecule has 0 fully saturated rings. The Morgan fingerprint density at radius 3 is 2.75 bits per heavy atom. The largest absolute Gasteiger partial charge is 0.508 e. The van der Waals surface area contributed by atoms with Gasteiger partial charge in [-0.1, -0.05) is 55.1 Å². The highest BCUT2D eigenvalue weighted by Crippen LogP contribution is 2.41. The minimum Gasteiger partial charge on any atom is -0.508 e. The number of phenolic OH excluding ortho intramolecular Hbond substituents is 2. The molecule has 0 aromatic heterocycles. The minimum atomic E-state index is -0.140. The molecule has 0 saturated carbocycles. The van der Waals surface area contributed by atoms with E-state index in [1.54, 1.807) is 12.1 Å². The van der Waals surface area contributed by atoms with Gasteiger partial charge in [-0.05, 0) is 46.6 Å². The second-order valence-corrected chi connectivity index (χ2v) is 5.58. The molecular formula is C21H18O3. The topological polar surface area (TPSA) is 60.7 Å². The van der Waals surface area contributed by atoms with E-state index in [-0.39, 0.29) is 17.3 Å². The van der Waals surface area contributed by atoms with Crippen LogP contribution in [0.15, 0.2) is 84.7 Å². The first-order chi connectivity index (χ1) is 11.6. The molecule has 0 spiro atoms. The van der Waals surface area contributed by atoms with Gasteiger partial charge in [0.25, 0.3) is 0 Å². The summed E-state index contributed by atoms with van der Waals surface area (Å²) in [5, 5.41) is 31.6. The van der Waals surface area contributed by atoms with Gasteiger partial charge in [0.2, 0.25) is 0 Å². The first kappa shape index (κ1) is 15.7. The van der Waals surface area contributed by atoms with Gasteiger partial charge in [-0.2, -0.15) is 0 Å². The number of fused-ring (bicyclic) bond motifs is 1. The van der Waals surface area contributed by atoms with E-state index in [1.165, 1.54) is 6.08 Å². The van der Waals surface area contributed by atoms with Crippen LogP contribution in [-0.2, 0) is 0 Å². The van der Waals surface area contributed by atoms with Crippen LogP contribution in [0, 0.1) is 0 Å². The third-order valence-corrected chi connectivity index (χ3v) is 3.96. The standard InChI is InChI=1S/C21H18O3/c1-2-17(22)11-10-14-6-5-8-16(12-14)20-18-9-4-3-7-15(18)13-19(23)21(20)24/h2-5,7-13,22-24H,1,6H2/b14-10+,17-11+. The predicted molar refractivity (Wildman–Crippen MR) is 98.0 cm³/mol. The van der Waals surface area contributed by atoms with E-state index >= 15 is 0 Å². The van der Waals surface area contributed by atoms with Crippen LogP contribution in [0.4, 0.5) is 0 Å². The zero-order chi connectivity index (χ0) is 17.1. The van der Waals surface area contributed by atoms with E-state index in [9.17, 15) is 15.3 Å². The maximum Gasteiger partial charge on any atom is 0.166 e. The lowest BCUT2D eigenvalue weighted by Gasteiger charge is -2.15. The van der Waals surface area contributed by atoms with Crippen molar-refractivity contribution >= 4 is 16.3 Å². The summed E-state index contributed by atoms with van der Waals surface area (Å²) in [6.07, 6.45) is 11.3. The van der Waals surface area contributed by atoms with E-state index in [0.717, 1.165) is 28.3 Å². The van der Waals surface area contributed by atoms with Gasteiger partial charge in [-0.3, -0.25) is 0 Å². The van der Waals surface area contributed by atoms with Crippen LogP contribution in [0.1, 0.15) is 12.0 Å². The van der Waals surface area contributed by atoms with E-state index in [1.807, 2.05) is 48.6 Å². The predicted octanol–water partition coefficient (Wildman–Crippen LogP) is 5.15. The second kappa shape index (κ2) is 6.50.